The van der Waals surface area contributed by atoms with Gasteiger partial charge in [0.25, 0.3) is 0 Å². The Morgan fingerprint density at radius 2 is 0.779 bits per heavy atom. The van der Waals surface area contributed by atoms with Crippen molar-refractivity contribution < 1.29 is 8.83 Å². The first-order valence-corrected chi connectivity index (χ1v) is 22.8. The molecule has 0 amide bonds. The van der Waals surface area contributed by atoms with E-state index >= 15 is 0 Å². The summed E-state index contributed by atoms with van der Waals surface area (Å²) in [6, 6.07) is 74.3. The van der Waals surface area contributed by atoms with Crippen LogP contribution in [-0.2, 0) is 0 Å². The number of furan rings is 2. The van der Waals surface area contributed by atoms with E-state index < -0.39 is 0 Å². The first kappa shape index (κ1) is 36.9. The summed E-state index contributed by atoms with van der Waals surface area (Å²) >= 11 is 0. The van der Waals surface area contributed by atoms with Crippen LogP contribution in [0.25, 0.3) is 144 Å². The molecule has 0 radical (unpaired) electrons. The maximum absolute atomic E-state index is 6.82. The Morgan fingerprint density at radius 1 is 0.279 bits per heavy atom. The Morgan fingerprint density at radius 3 is 1.51 bits per heavy atom. The first-order valence-electron chi connectivity index (χ1n) is 22.8. The van der Waals surface area contributed by atoms with Crippen LogP contribution < -0.4 is 0 Å². The van der Waals surface area contributed by atoms with E-state index in [0.29, 0.717) is 17.5 Å². The Hall–Kier alpha value is -9.33. The number of hydrogen-bond donors (Lipinski definition) is 0. The van der Waals surface area contributed by atoms with Gasteiger partial charge < -0.3 is 18.0 Å². The molecule has 10 aromatic carbocycles. The predicted molar refractivity (Wildman–Crippen MR) is 277 cm³/mol. The Labute approximate surface area is 387 Å². The van der Waals surface area contributed by atoms with E-state index in [9.17, 15) is 0 Å². The van der Waals surface area contributed by atoms with Gasteiger partial charge in [0.2, 0.25) is 0 Å². The lowest BCUT2D eigenvalue weighted by Crippen LogP contribution is -2.02. The van der Waals surface area contributed by atoms with Gasteiger partial charge in [-0.15, -0.1) is 0 Å². The number of hydrogen-bond acceptors (Lipinski definition) is 5. The minimum absolute atomic E-state index is 0.531. The minimum Gasteiger partial charge on any atom is -0.456 e. The summed E-state index contributed by atoms with van der Waals surface area (Å²) in [5, 5.41) is 10.8. The van der Waals surface area contributed by atoms with E-state index in [1.54, 1.807) is 0 Å². The van der Waals surface area contributed by atoms with Crippen LogP contribution in [0.1, 0.15) is 0 Å². The van der Waals surface area contributed by atoms with Gasteiger partial charge in [0.15, 0.2) is 17.5 Å². The number of nitrogens with zero attached hydrogens (tertiary/aromatic N) is 5. The van der Waals surface area contributed by atoms with Crippen LogP contribution in [0, 0.1) is 0 Å². The molecule has 0 aliphatic heterocycles. The summed E-state index contributed by atoms with van der Waals surface area (Å²) in [4.78, 5) is 16.6. The normalized spacial score (nSPS) is 12.1. The predicted octanol–water partition coefficient (Wildman–Crippen LogP) is 16.0. The molecule has 68 heavy (non-hydrogen) atoms. The number of rotatable bonds is 5. The fourth-order valence-corrected chi connectivity index (χ4v) is 10.8. The highest BCUT2D eigenvalue weighted by Crippen LogP contribution is 2.44. The lowest BCUT2D eigenvalue weighted by molar-refractivity contribution is 0.668. The summed E-state index contributed by atoms with van der Waals surface area (Å²) < 4.78 is 18.0. The summed E-state index contributed by atoms with van der Waals surface area (Å²) in [7, 11) is 0. The highest BCUT2D eigenvalue weighted by atomic mass is 16.3. The van der Waals surface area contributed by atoms with Crippen LogP contribution >= 0.6 is 0 Å². The van der Waals surface area contributed by atoms with Crippen molar-refractivity contribution in [2.45, 2.75) is 0 Å². The molecule has 0 aliphatic carbocycles. The zero-order valence-corrected chi connectivity index (χ0v) is 36.3. The molecule has 0 N–H and O–H groups in total. The van der Waals surface area contributed by atoms with Crippen molar-refractivity contribution in [1.29, 1.82) is 0 Å². The van der Waals surface area contributed by atoms with Gasteiger partial charge in [-0.1, -0.05) is 140 Å². The van der Waals surface area contributed by atoms with Gasteiger partial charge in [-0.2, -0.15) is 0 Å². The second-order valence-corrected chi connectivity index (χ2v) is 17.5. The van der Waals surface area contributed by atoms with Crippen molar-refractivity contribution in [2.75, 3.05) is 0 Å². The van der Waals surface area contributed by atoms with Crippen LogP contribution in [0.3, 0.4) is 0 Å². The maximum atomic E-state index is 6.82. The van der Waals surface area contributed by atoms with Crippen molar-refractivity contribution in [2.24, 2.45) is 0 Å². The Balaban J connectivity index is 1.07. The van der Waals surface area contributed by atoms with E-state index in [0.717, 1.165) is 105 Å². The molecule has 5 heterocycles. The van der Waals surface area contributed by atoms with Gasteiger partial charge >= 0.3 is 0 Å². The summed E-state index contributed by atoms with van der Waals surface area (Å²) in [6.07, 6.45) is 0. The number of aromatic nitrogens is 5. The number of benzene rings is 10. The van der Waals surface area contributed by atoms with Gasteiger partial charge in [0, 0.05) is 71.5 Å². The lowest BCUT2D eigenvalue weighted by Gasteiger charge is -2.14. The third-order valence-electron chi connectivity index (χ3n) is 13.7. The molecule has 7 heteroatoms. The van der Waals surface area contributed by atoms with Crippen molar-refractivity contribution in [1.82, 2.24) is 24.1 Å². The Kier molecular flexibility index (Phi) is 7.65. The lowest BCUT2D eigenvalue weighted by atomic mass is 10.0. The van der Waals surface area contributed by atoms with Crippen LogP contribution in [-0.4, -0.2) is 24.1 Å². The Bertz CT molecular complexity index is 4570. The standard InChI is InChI=1S/C61H35N5O2/c1-2-18-38(19-3-1)65-49-27-11-7-21-41(49)56-44(24-14-28-50(56)65)59-62-60(45-25-15-31-54-57(45)42-22-8-12-29-52(42)67-54)64-61(63-59)47-34-39(35-55-58(47)43-23-9-13-30-53(43)68-55)66-48-26-10-6-20-40(48)46-32-36-16-4-5-17-37(36)33-51(46)66/h1-35H. The molecule has 15 aromatic rings. The molecule has 0 fully saturated rings. The second-order valence-electron chi connectivity index (χ2n) is 17.5. The molecule has 5 aromatic heterocycles. The van der Waals surface area contributed by atoms with Gasteiger partial charge in [-0.05, 0) is 77.5 Å². The molecule has 0 spiro atoms. The summed E-state index contributed by atoms with van der Waals surface area (Å²) in [5.41, 5.74) is 12.1. The monoisotopic (exact) mass is 869 g/mol. The molecule has 0 saturated heterocycles. The quantitative estimate of drug-likeness (QED) is 0.172. The molecular formula is C61H35N5O2. The second kappa shape index (κ2) is 14.1. The molecule has 0 aliphatic rings. The van der Waals surface area contributed by atoms with Crippen molar-refractivity contribution in [3.63, 3.8) is 0 Å². The van der Waals surface area contributed by atoms with Gasteiger partial charge in [-0.3, -0.25) is 0 Å². The van der Waals surface area contributed by atoms with Gasteiger partial charge in [0.1, 0.15) is 22.3 Å². The topological polar surface area (TPSA) is 74.8 Å². The van der Waals surface area contributed by atoms with Crippen molar-refractivity contribution in [3.8, 4) is 45.5 Å². The third-order valence-corrected chi connectivity index (χ3v) is 13.7. The SMILES string of the molecule is c1ccc(-n2c3ccccc3c3c(-c4nc(-c5cccc6oc7ccccc7c56)nc(-c5cc(-n6c7ccccc7c7cc8ccccc8cc76)cc6oc7ccccc7c56)n4)cccc32)cc1. The number of fused-ring (bicyclic) bond motifs is 13. The van der Waals surface area contributed by atoms with Gasteiger partial charge in [-0.25, -0.2) is 15.0 Å². The molecule has 0 unspecified atom stereocenters. The van der Waals surface area contributed by atoms with Crippen LogP contribution in [0.2, 0.25) is 0 Å². The van der Waals surface area contributed by atoms with Crippen LogP contribution in [0.15, 0.2) is 221 Å². The van der Waals surface area contributed by atoms with Crippen LogP contribution in [0.4, 0.5) is 0 Å². The molecule has 7 nitrogen and oxygen atoms in total. The average molecular weight is 870 g/mol. The fourth-order valence-electron chi connectivity index (χ4n) is 10.8. The molecule has 316 valence electrons. The minimum atomic E-state index is 0.531. The molecule has 0 bridgehead atoms. The molecule has 0 atom stereocenters. The van der Waals surface area contributed by atoms with Crippen molar-refractivity contribution in [3.05, 3.63) is 212 Å². The summed E-state index contributed by atoms with van der Waals surface area (Å²) in [5.74, 6) is 1.63. The van der Waals surface area contributed by atoms with E-state index in [2.05, 4.69) is 179 Å². The molecular weight excluding hydrogens is 835 g/mol. The van der Waals surface area contributed by atoms with E-state index in [-0.39, 0.29) is 0 Å². The highest BCUT2D eigenvalue weighted by Gasteiger charge is 2.25. The van der Waals surface area contributed by atoms with Crippen LogP contribution in [0.5, 0.6) is 0 Å². The first-order chi connectivity index (χ1) is 33.7. The maximum Gasteiger partial charge on any atom is 0.164 e. The van der Waals surface area contributed by atoms with Gasteiger partial charge in [0.05, 0.1) is 27.8 Å². The third kappa shape index (κ3) is 5.32. The summed E-state index contributed by atoms with van der Waals surface area (Å²) in [6.45, 7) is 0. The largest absolute Gasteiger partial charge is 0.456 e. The fraction of sp³-hybridized carbons (Fsp3) is 0. The zero-order valence-electron chi connectivity index (χ0n) is 36.3. The smallest absolute Gasteiger partial charge is 0.164 e. The van der Waals surface area contributed by atoms with E-state index in [1.165, 1.54) is 21.5 Å². The molecule has 0 saturated carbocycles. The average Bonchev–Trinajstić information content (AvgIpc) is 4.15. The zero-order chi connectivity index (χ0) is 44.5. The molecule has 15 rings (SSSR count). The number of para-hydroxylation sites is 5. The van der Waals surface area contributed by atoms with Crippen molar-refractivity contribution >= 4 is 98.3 Å². The highest BCUT2D eigenvalue weighted by molar-refractivity contribution is 6.18. The van der Waals surface area contributed by atoms with E-state index in [1.807, 2.05) is 42.5 Å². The van der Waals surface area contributed by atoms with E-state index in [4.69, 9.17) is 23.8 Å².